The van der Waals surface area contributed by atoms with Gasteiger partial charge in [-0.1, -0.05) is 41.9 Å². The van der Waals surface area contributed by atoms with Crippen molar-refractivity contribution in [2.24, 2.45) is 5.92 Å². The summed E-state index contributed by atoms with van der Waals surface area (Å²) < 4.78 is 5.01. The molecular weight excluding hydrogens is 410 g/mol. The number of hydrogen-bond donors (Lipinski definition) is 2. The molecule has 2 aromatic carbocycles. The van der Waals surface area contributed by atoms with E-state index in [0.717, 1.165) is 11.3 Å². The number of esters is 1. The van der Waals surface area contributed by atoms with Gasteiger partial charge in [0, 0.05) is 18.7 Å². The molecule has 0 unspecified atom stereocenters. The number of aryl methyl sites for hydroxylation is 1. The van der Waals surface area contributed by atoms with E-state index < -0.39 is 30.3 Å². The molecule has 1 atom stereocenters. The van der Waals surface area contributed by atoms with Gasteiger partial charge < -0.3 is 9.64 Å². The summed E-state index contributed by atoms with van der Waals surface area (Å²) in [5.74, 6) is -2.81. The lowest BCUT2D eigenvalue weighted by atomic mass is 10.1. The monoisotopic (exact) mass is 429 g/mol. The van der Waals surface area contributed by atoms with Crippen LogP contribution in [0.4, 0.5) is 5.69 Å². The lowest BCUT2D eigenvalue weighted by Crippen LogP contribution is -2.44. The van der Waals surface area contributed by atoms with Crippen molar-refractivity contribution < 1.29 is 23.9 Å². The molecule has 0 spiro atoms. The molecule has 9 heteroatoms. The van der Waals surface area contributed by atoms with Gasteiger partial charge in [0.15, 0.2) is 6.61 Å². The highest BCUT2D eigenvalue weighted by atomic mass is 35.5. The van der Waals surface area contributed by atoms with Crippen LogP contribution in [0.15, 0.2) is 48.5 Å². The molecule has 1 heterocycles. The van der Waals surface area contributed by atoms with Crippen LogP contribution in [0.2, 0.25) is 5.02 Å². The minimum absolute atomic E-state index is 0.0119. The lowest BCUT2D eigenvalue weighted by Gasteiger charge is -2.18. The summed E-state index contributed by atoms with van der Waals surface area (Å²) >= 11 is 5.91. The normalized spacial score (nSPS) is 15.6. The average molecular weight is 430 g/mol. The van der Waals surface area contributed by atoms with E-state index >= 15 is 0 Å². The van der Waals surface area contributed by atoms with Gasteiger partial charge in [0.2, 0.25) is 5.91 Å². The Morgan fingerprint density at radius 1 is 1.10 bits per heavy atom. The molecule has 0 aromatic heterocycles. The Hall–Kier alpha value is -3.39. The number of anilines is 1. The molecule has 8 nitrogen and oxygen atoms in total. The molecular formula is C21H20ClN3O5. The molecule has 1 aliphatic rings. The zero-order valence-corrected chi connectivity index (χ0v) is 16.9. The number of para-hydroxylation sites is 1. The van der Waals surface area contributed by atoms with Crippen molar-refractivity contribution in [3.8, 4) is 0 Å². The number of halogens is 1. The lowest BCUT2D eigenvalue weighted by molar-refractivity contribution is -0.152. The van der Waals surface area contributed by atoms with Crippen LogP contribution in [0.1, 0.15) is 22.3 Å². The largest absolute Gasteiger partial charge is 0.455 e. The number of carbonyl (C=O) groups is 4. The molecule has 0 aliphatic carbocycles. The van der Waals surface area contributed by atoms with Crippen LogP contribution in [0, 0.1) is 12.8 Å². The first-order chi connectivity index (χ1) is 14.4. The zero-order chi connectivity index (χ0) is 21.7. The van der Waals surface area contributed by atoms with E-state index in [1.807, 2.05) is 31.2 Å². The predicted octanol–water partition coefficient (Wildman–Crippen LogP) is 2.01. The quantitative estimate of drug-likeness (QED) is 0.558. The van der Waals surface area contributed by atoms with E-state index in [-0.39, 0.29) is 29.5 Å². The maximum Gasteiger partial charge on any atom is 0.311 e. The predicted molar refractivity (Wildman–Crippen MR) is 110 cm³/mol. The van der Waals surface area contributed by atoms with Gasteiger partial charge in [-0.25, -0.2) is 0 Å². The van der Waals surface area contributed by atoms with Gasteiger partial charge in [0.1, 0.15) is 0 Å². The van der Waals surface area contributed by atoms with Crippen LogP contribution in [0.25, 0.3) is 0 Å². The van der Waals surface area contributed by atoms with Crippen LogP contribution >= 0.6 is 11.6 Å². The highest BCUT2D eigenvalue weighted by Gasteiger charge is 2.36. The molecule has 1 aliphatic heterocycles. The van der Waals surface area contributed by atoms with Gasteiger partial charge in [-0.15, -0.1) is 0 Å². The molecule has 2 aromatic rings. The highest BCUT2D eigenvalue weighted by molar-refractivity contribution is 6.33. The third-order valence-corrected chi connectivity index (χ3v) is 4.97. The van der Waals surface area contributed by atoms with Crippen LogP contribution < -0.4 is 15.8 Å². The van der Waals surface area contributed by atoms with Crippen molar-refractivity contribution in [2.45, 2.75) is 13.3 Å². The summed E-state index contributed by atoms with van der Waals surface area (Å²) in [4.78, 5) is 50.0. The summed E-state index contributed by atoms with van der Waals surface area (Å²) in [6, 6.07) is 13.7. The van der Waals surface area contributed by atoms with Crippen LogP contribution in [0.3, 0.4) is 0 Å². The molecule has 0 bridgehead atoms. The highest BCUT2D eigenvalue weighted by Crippen LogP contribution is 2.28. The summed E-state index contributed by atoms with van der Waals surface area (Å²) in [5, 5.41) is 0.236. The van der Waals surface area contributed by atoms with E-state index in [0.29, 0.717) is 0 Å². The van der Waals surface area contributed by atoms with Crippen molar-refractivity contribution in [1.82, 2.24) is 10.9 Å². The average Bonchev–Trinajstić information content (AvgIpc) is 3.12. The van der Waals surface area contributed by atoms with E-state index in [9.17, 15) is 19.2 Å². The molecule has 0 saturated carbocycles. The second-order valence-corrected chi connectivity index (χ2v) is 7.19. The van der Waals surface area contributed by atoms with Crippen LogP contribution in [-0.4, -0.2) is 36.8 Å². The Balaban J connectivity index is 1.47. The summed E-state index contributed by atoms with van der Waals surface area (Å²) in [6.07, 6.45) is 0.0119. The number of rotatable bonds is 5. The second kappa shape index (κ2) is 9.41. The van der Waals surface area contributed by atoms with Crippen molar-refractivity contribution in [2.75, 3.05) is 18.1 Å². The van der Waals surface area contributed by atoms with Gasteiger partial charge >= 0.3 is 5.97 Å². The number of nitrogens with zero attached hydrogens (tertiary/aromatic N) is 1. The van der Waals surface area contributed by atoms with Gasteiger partial charge in [-0.3, -0.25) is 30.0 Å². The number of carbonyl (C=O) groups excluding carboxylic acids is 4. The van der Waals surface area contributed by atoms with E-state index in [2.05, 4.69) is 10.9 Å². The first-order valence-corrected chi connectivity index (χ1v) is 9.61. The Kier molecular flexibility index (Phi) is 6.68. The molecule has 0 radical (unpaired) electrons. The fraction of sp³-hybridized carbons (Fsp3) is 0.238. The van der Waals surface area contributed by atoms with Gasteiger partial charge in [0.05, 0.1) is 16.5 Å². The molecule has 3 amide bonds. The third-order valence-electron chi connectivity index (χ3n) is 4.64. The summed E-state index contributed by atoms with van der Waals surface area (Å²) in [6.45, 7) is 1.49. The Bertz CT molecular complexity index is 994. The number of benzene rings is 2. The van der Waals surface area contributed by atoms with Gasteiger partial charge in [0.25, 0.3) is 11.8 Å². The standard InChI is InChI=1S/C21H20ClN3O5/c1-13-6-2-5-9-17(13)25-11-14(10-19(25)27)21(29)30-12-18(26)23-24-20(28)15-7-3-4-8-16(15)22/h2-9,14H,10-12H2,1H3,(H,23,26)(H,24,28)/t14-/m0/s1. The SMILES string of the molecule is Cc1ccccc1N1C[C@@H](C(=O)OCC(=O)NNC(=O)c2ccccc2Cl)CC1=O. The van der Waals surface area contributed by atoms with Crippen molar-refractivity contribution in [3.05, 3.63) is 64.7 Å². The summed E-state index contributed by atoms with van der Waals surface area (Å²) in [5.41, 5.74) is 6.22. The number of ether oxygens (including phenoxy) is 1. The van der Waals surface area contributed by atoms with E-state index in [1.165, 1.54) is 6.07 Å². The fourth-order valence-electron chi connectivity index (χ4n) is 3.09. The Labute approximate surface area is 178 Å². The maximum atomic E-state index is 12.3. The van der Waals surface area contributed by atoms with Crippen LogP contribution in [-0.2, 0) is 19.1 Å². The van der Waals surface area contributed by atoms with Crippen molar-refractivity contribution in [3.63, 3.8) is 0 Å². The second-order valence-electron chi connectivity index (χ2n) is 6.78. The number of amides is 3. The minimum Gasteiger partial charge on any atom is -0.455 e. The number of nitrogens with one attached hydrogen (secondary N) is 2. The van der Waals surface area contributed by atoms with Gasteiger partial charge in [-0.05, 0) is 30.7 Å². The molecule has 1 saturated heterocycles. The molecule has 3 rings (SSSR count). The summed E-state index contributed by atoms with van der Waals surface area (Å²) in [7, 11) is 0. The first kappa shape index (κ1) is 21.3. The first-order valence-electron chi connectivity index (χ1n) is 9.23. The molecule has 2 N–H and O–H groups in total. The van der Waals surface area contributed by atoms with Gasteiger partial charge in [-0.2, -0.15) is 0 Å². The number of hydrogen-bond acceptors (Lipinski definition) is 5. The fourth-order valence-corrected chi connectivity index (χ4v) is 3.32. The van der Waals surface area contributed by atoms with Crippen molar-refractivity contribution in [1.29, 1.82) is 0 Å². The minimum atomic E-state index is -0.719. The Morgan fingerprint density at radius 2 is 1.80 bits per heavy atom. The maximum absolute atomic E-state index is 12.3. The molecule has 30 heavy (non-hydrogen) atoms. The number of hydrazine groups is 1. The van der Waals surface area contributed by atoms with Crippen LogP contribution in [0.5, 0.6) is 0 Å². The molecule has 1 fully saturated rings. The topological polar surface area (TPSA) is 105 Å². The molecule has 156 valence electrons. The van der Waals surface area contributed by atoms with E-state index in [1.54, 1.807) is 23.1 Å². The third kappa shape index (κ3) is 4.96. The zero-order valence-electron chi connectivity index (χ0n) is 16.2. The Morgan fingerprint density at radius 3 is 2.53 bits per heavy atom. The smallest absolute Gasteiger partial charge is 0.311 e. The van der Waals surface area contributed by atoms with E-state index in [4.69, 9.17) is 16.3 Å². The van der Waals surface area contributed by atoms with Crippen molar-refractivity contribution >= 4 is 41.0 Å².